The maximum atomic E-state index is 13.0. The molecule has 0 radical (unpaired) electrons. The zero-order chi connectivity index (χ0) is 22.4. The molecule has 0 aromatic rings. The van der Waals surface area contributed by atoms with Crippen molar-refractivity contribution in [3.05, 3.63) is 11.6 Å². The molecule has 2 N–H and O–H groups in total. The normalized spacial score (nSPS) is 49.8. The number of fused-ring (bicyclic) bond motifs is 3. The number of esters is 1. The van der Waals surface area contributed by atoms with Crippen molar-refractivity contribution >= 4 is 17.7 Å². The number of carbonyl (C=O) groups is 3. The van der Waals surface area contributed by atoms with E-state index >= 15 is 0 Å². The van der Waals surface area contributed by atoms with Gasteiger partial charge in [0.05, 0.1) is 24.7 Å². The highest BCUT2D eigenvalue weighted by Crippen LogP contribution is 2.77. The Morgan fingerprint density at radius 3 is 2.71 bits per heavy atom. The van der Waals surface area contributed by atoms with Crippen molar-refractivity contribution in [1.29, 1.82) is 0 Å². The number of aliphatic carboxylic acids is 1. The first kappa shape index (κ1) is 21.1. The smallest absolute Gasteiger partial charge is 0.309 e. The van der Waals surface area contributed by atoms with Crippen molar-refractivity contribution in [1.82, 2.24) is 0 Å². The van der Waals surface area contributed by atoms with Gasteiger partial charge in [-0.15, -0.1) is 0 Å². The SMILES string of the molecule is COC(=O)[C@@H]1CC2=CC(=O)CC[C@]2(C)[C@@]23O[C@@H]2CC2(C)C(CC[C@@]2(O)CCC(=O)O)[C@H]13. The molecule has 170 valence electrons. The van der Waals surface area contributed by atoms with Crippen LogP contribution < -0.4 is 0 Å². The minimum atomic E-state index is -1.09. The van der Waals surface area contributed by atoms with Crippen molar-refractivity contribution in [3.8, 4) is 0 Å². The number of aliphatic hydroxyl groups is 1. The summed E-state index contributed by atoms with van der Waals surface area (Å²) in [5.41, 5.74) is -1.43. The molecule has 1 saturated heterocycles. The van der Waals surface area contributed by atoms with E-state index in [1.54, 1.807) is 6.08 Å². The molecule has 0 aromatic carbocycles. The molecule has 1 aliphatic heterocycles. The fourth-order valence-corrected chi connectivity index (χ4v) is 8.22. The van der Waals surface area contributed by atoms with Gasteiger partial charge in [-0.3, -0.25) is 14.4 Å². The number of ether oxygens (including phenoxy) is 2. The van der Waals surface area contributed by atoms with E-state index in [2.05, 4.69) is 13.8 Å². The van der Waals surface area contributed by atoms with Gasteiger partial charge >= 0.3 is 11.9 Å². The van der Waals surface area contributed by atoms with Crippen LogP contribution in [0.15, 0.2) is 11.6 Å². The van der Waals surface area contributed by atoms with Crippen LogP contribution in [-0.2, 0) is 23.9 Å². The van der Waals surface area contributed by atoms with E-state index in [0.29, 0.717) is 32.1 Å². The van der Waals surface area contributed by atoms with Crippen LogP contribution in [0, 0.1) is 28.6 Å². The Bertz CT molecular complexity index is 894. The molecule has 4 fully saturated rings. The van der Waals surface area contributed by atoms with Gasteiger partial charge in [0.1, 0.15) is 5.60 Å². The predicted molar refractivity (Wildman–Crippen MR) is 109 cm³/mol. The molecular weight excluding hydrogens is 400 g/mol. The number of epoxide rings is 1. The fourth-order valence-electron chi connectivity index (χ4n) is 8.22. The summed E-state index contributed by atoms with van der Waals surface area (Å²) < 4.78 is 11.7. The molecule has 4 aliphatic carbocycles. The third kappa shape index (κ3) is 2.50. The van der Waals surface area contributed by atoms with Crippen LogP contribution in [0.4, 0.5) is 0 Å². The minimum Gasteiger partial charge on any atom is -0.481 e. The largest absolute Gasteiger partial charge is 0.481 e. The molecule has 0 amide bonds. The van der Waals surface area contributed by atoms with E-state index in [-0.39, 0.29) is 47.9 Å². The molecule has 8 atom stereocenters. The average Bonchev–Trinajstić information content (AvgIpc) is 3.38. The van der Waals surface area contributed by atoms with E-state index in [1.165, 1.54) is 7.11 Å². The molecule has 7 heteroatoms. The van der Waals surface area contributed by atoms with Gasteiger partial charge in [-0.25, -0.2) is 0 Å². The summed E-state index contributed by atoms with van der Waals surface area (Å²) in [5, 5.41) is 20.9. The lowest BCUT2D eigenvalue weighted by Crippen LogP contribution is -2.63. The highest BCUT2D eigenvalue weighted by Gasteiger charge is 2.82. The van der Waals surface area contributed by atoms with E-state index in [0.717, 1.165) is 12.0 Å². The van der Waals surface area contributed by atoms with Gasteiger partial charge in [0.2, 0.25) is 0 Å². The quantitative estimate of drug-likeness (QED) is 0.519. The summed E-state index contributed by atoms with van der Waals surface area (Å²) in [4.78, 5) is 36.4. The Morgan fingerprint density at radius 1 is 1.29 bits per heavy atom. The molecule has 31 heavy (non-hydrogen) atoms. The molecule has 7 nitrogen and oxygen atoms in total. The van der Waals surface area contributed by atoms with Crippen LogP contribution in [0.25, 0.3) is 0 Å². The maximum Gasteiger partial charge on any atom is 0.309 e. The van der Waals surface area contributed by atoms with Crippen molar-refractivity contribution in [2.24, 2.45) is 28.6 Å². The first-order chi connectivity index (χ1) is 14.5. The number of carboxylic acid groups (broad SMARTS) is 1. The maximum absolute atomic E-state index is 13.0. The Labute approximate surface area is 182 Å². The molecule has 0 aromatic heterocycles. The third-order valence-corrected chi connectivity index (χ3v) is 9.95. The average molecular weight is 433 g/mol. The van der Waals surface area contributed by atoms with Crippen molar-refractivity contribution in [3.63, 3.8) is 0 Å². The molecule has 1 spiro atoms. The molecule has 5 aliphatic rings. The number of hydrogen-bond donors (Lipinski definition) is 2. The van der Waals surface area contributed by atoms with Gasteiger partial charge in [0.25, 0.3) is 0 Å². The van der Waals surface area contributed by atoms with Crippen LogP contribution in [0.1, 0.15) is 65.2 Å². The molecule has 3 saturated carbocycles. The van der Waals surface area contributed by atoms with Crippen molar-refractivity contribution < 1.29 is 34.1 Å². The van der Waals surface area contributed by atoms with E-state index in [4.69, 9.17) is 9.47 Å². The molecule has 1 heterocycles. The number of carboxylic acids is 1. The first-order valence-corrected chi connectivity index (χ1v) is 11.5. The number of hydrogen-bond acceptors (Lipinski definition) is 6. The molecule has 2 unspecified atom stereocenters. The number of rotatable bonds is 4. The zero-order valence-corrected chi connectivity index (χ0v) is 18.5. The summed E-state index contributed by atoms with van der Waals surface area (Å²) in [6, 6.07) is 0. The summed E-state index contributed by atoms with van der Waals surface area (Å²) in [7, 11) is 1.40. The number of ketones is 1. The molecule has 5 rings (SSSR count). The van der Waals surface area contributed by atoms with Gasteiger partial charge in [0.15, 0.2) is 5.78 Å². The van der Waals surface area contributed by atoms with Gasteiger partial charge < -0.3 is 19.7 Å². The number of methoxy groups -OCH3 is 1. The topological polar surface area (TPSA) is 113 Å². The lowest BCUT2D eigenvalue weighted by molar-refractivity contribution is -0.163. The summed E-state index contributed by atoms with van der Waals surface area (Å²) in [6.45, 7) is 4.24. The van der Waals surface area contributed by atoms with Crippen LogP contribution in [-0.4, -0.2) is 52.4 Å². The summed E-state index contributed by atoms with van der Waals surface area (Å²) in [6.07, 6.45) is 5.35. The van der Waals surface area contributed by atoms with E-state index < -0.39 is 28.5 Å². The monoisotopic (exact) mass is 432 g/mol. The Hall–Kier alpha value is -1.73. The van der Waals surface area contributed by atoms with E-state index in [9.17, 15) is 24.6 Å². The lowest BCUT2D eigenvalue weighted by Gasteiger charge is -2.58. The van der Waals surface area contributed by atoms with E-state index in [1.807, 2.05) is 0 Å². The Balaban J connectivity index is 1.59. The van der Waals surface area contributed by atoms with Gasteiger partial charge in [-0.05, 0) is 50.5 Å². The lowest BCUT2D eigenvalue weighted by atomic mass is 9.43. The molecule has 0 bridgehead atoms. The third-order valence-electron chi connectivity index (χ3n) is 9.95. The van der Waals surface area contributed by atoms with Gasteiger partial charge in [-0.2, -0.15) is 0 Å². The van der Waals surface area contributed by atoms with Crippen LogP contribution in [0.5, 0.6) is 0 Å². The highest BCUT2D eigenvalue weighted by atomic mass is 16.6. The minimum absolute atomic E-state index is 0.0325. The second-order valence-electron chi connectivity index (χ2n) is 10.9. The fraction of sp³-hybridized carbons (Fsp3) is 0.792. The summed E-state index contributed by atoms with van der Waals surface area (Å²) in [5.74, 6) is -1.60. The van der Waals surface area contributed by atoms with Crippen molar-refractivity contribution in [2.75, 3.05) is 7.11 Å². The van der Waals surface area contributed by atoms with Crippen LogP contribution >= 0.6 is 0 Å². The Morgan fingerprint density at radius 2 is 2.03 bits per heavy atom. The second-order valence-corrected chi connectivity index (χ2v) is 10.9. The van der Waals surface area contributed by atoms with Crippen LogP contribution in [0.2, 0.25) is 0 Å². The van der Waals surface area contributed by atoms with Crippen LogP contribution in [0.3, 0.4) is 0 Å². The van der Waals surface area contributed by atoms with Gasteiger partial charge in [-0.1, -0.05) is 19.4 Å². The Kier molecular flexibility index (Phi) is 4.37. The van der Waals surface area contributed by atoms with Gasteiger partial charge in [0, 0.05) is 29.6 Å². The molecular formula is C24H32O7. The van der Waals surface area contributed by atoms with Crippen molar-refractivity contribution in [2.45, 2.75) is 82.5 Å². The predicted octanol–water partition coefficient (Wildman–Crippen LogP) is 2.64. The standard InChI is InChI=1S/C24H32O7/c1-21-7-4-14(25)10-13(21)11-15(20(28)30-3)19-16-5-8-23(29,9-6-18(26)27)22(16,2)12-17-24(19,21)31-17/h10,15-17,19,29H,4-9,11-12H2,1-3H3,(H,26,27)/t15-,16?,17-,19+,21+,22?,23-,24-/m1/s1. The number of carbonyl (C=O) groups excluding carboxylic acids is 2. The summed E-state index contributed by atoms with van der Waals surface area (Å²) >= 11 is 0. The second kappa shape index (κ2) is 6.41. The zero-order valence-electron chi connectivity index (χ0n) is 18.5. The highest BCUT2D eigenvalue weighted by molar-refractivity contribution is 5.92. The first-order valence-electron chi connectivity index (χ1n) is 11.5.